The predicted molar refractivity (Wildman–Crippen MR) is 72.6 cm³/mol. The van der Waals surface area contributed by atoms with E-state index in [-0.39, 0.29) is 0 Å². The number of rotatable bonds is 2. The molecule has 4 nitrogen and oxygen atoms in total. The summed E-state index contributed by atoms with van der Waals surface area (Å²) < 4.78 is 1.88. The van der Waals surface area contributed by atoms with Crippen LogP contribution in [-0.2, 0) is 0 Å². The summed E-state index contributed by atoms with van der Waals surface area (Å²) in [5, 5.41) is 4.03. The number of anilines is 2. The molecule has 0 atom stereocenters. The summed E-state index contributed by atoms with van der Waals surface area (Å²) >= 11 is 4.87. The topological polar surface area (TPSA) is 50.7 Å². The number of pyridine rings is 2. The number of halogens is 1. The Balaban J connectivity index is 1.92. The zero-order valence-corrected chi connectivity index (χ0v) is 11.0. The van der Waals surface area contributed by atoms with Crippen LogP contribution in [0.4, 0.5) is 10.8 Å². The fourth-order valence-electron chi connectivity index (χ4n) is 1.40. The van der Waals surface area contributed by atoms with Gasteiger partial charge in [0.1, 0.15) is 4.60 Å². The fourth-order valence-corrected chi connectivity index (χ4v) is 2.48. The second-order valence-electron chi connectivity index (χ2n) is 3.34. The number of hydrogen-bond donors (Lipinski definition) is 1. The van der Waals surface area contributed by atoms with Crippen LogP contribution in [0.3, 0.4) is 0 Å². The molecule has 0 saturated heterocycles. The highest BCUT2D eigenvalue weighted by atomic mass is 79.9. The maximum atomic E-state index is 4.39. The maximum absolute atomic E-state index is 4.39. The molecule has 3 heterocycles. The molecule has 1 N–H and O–H groups in total. The van der Waals surface area contributed by atoms with Crippen molar-refractivity contribution in [3.05, 3.63) is 41.3 Å². The first-order valence-electron chi connectivity index (χ1n) is 4.91. The number of thiazole rings is 1. The smallest absolute Gasteiger partial charge is 0.189 e. The lowest BCUT2D eigenvalue weighted by atomic mass is 10.4. The van der Waals surface area contributed by atoms with Gasteiger partial charge in [-0.2, -0.15) is 4.98 Å². The largest absolute Gasteiger partial charge is 0.330 e. The van der Waals surface area contributed by atoms with E-state index >= 15 is 0 Å². The molecule has 0 aliphatic rings. The van der Waals surface area contributed by atoms with E-state index in [1.807, 2.05) is 24.3 Å². The maximum Gasteiger partial charge on any atom is 0.189 e. The number of nitrogens with zero attached hydrogens (tertiary/aromatic N) is 3. The Hall–Kier alpha value is -1.53. The van der Waals surface area contributed by atoms with E-state index in [0.29, 0.717) is 0 Å². The minimum Gasteiger partial charge on any atom is -0.330 e. The molecule has 0 spiro atoms. The Labute approximate surface area is 110 Å². The molecule has 0 saturated carbocycles. The van der Waals surface area contributed by atoms with Crippen LogP contribution in [0.1, 0.15) is 0 Å². The van der Waals surface area contributed by atoms with Crippen LogP contribution in [0.5, 0.6) is 0 Å². The molecule has 0 aliphatic carbocycles. The first kappa shape index (κ1) is 10.6. The molecule has 6 heteroatoms. The van der Waals surface area contributed by atoms with Gasteiger partial charge in [-0.15, -0.1) is 0 Å². The first-order valence-corrected chi connectivity index (χ1v) is 6.52. The minimum atomic E-state index is 0.769. The van der Waals surface area contributed by atoms with Crippen molar-refractivity contribution in [2.24, 2.45) is 0 Å². The molecular formula is C11H7BrN4S. The van der Waals surface area contributed by atoms with Crippen molar-refractivity contribution in [3.63, 3.8) is 0 Å². The number of aromatic nitrogens is 3. The second kappa shape index (κ2) is 4.38. The third-order valence-electron chi connectivity index (χ3n) is 2.14. The Morgan fingerprint density at radius 2 is 2.12 bits per heavy atom. The third kappa shape index (κ3) is 2.27. The highest BCUT2D eigenvalue weighted by Crippen LogP contribution is 2.26. The van der Waals surface area contributed by atoms with Gasteiger partial charge in [-0.05, 0) is 40.2 Å². The van der Waals surface area contributed by atoms with Gasteiger partial charge >= 0.3 is 0 Å². The van der Waals surface area contributed by atoms with Gasteiger partial charge in [-0.3, -0.25) is 0 Å². The summed E-state index contributed by atoms with van der Waals surface area (Å²) in [6.07, 6.45) is 3.50. The van der Waals surface area contributed by atoms with Crippen LogP contribution in [0, 0.1) is 0 Å². The molecule has 3 rings (SSSR count). The summed E-state index contributed by atoms with van der Waals surface area (Å²) in [5.41, 5.74) is 1.68. The number of fused-ring (bicyclic) bond motifs is 1. The highest BCUT2D eigenvalue weighted by Gasteiger charge is 2.04. The van der Waals surface area contributed by atoms with Crippen LogP contribution in [-0.4, -0.2) is 15.0 Å². The molecule has 3 aromatic rings. The number of nitrogens with one attached hydrogen (secondary N) is 1. The third-order valence-corrected chi connectivity index (χ3v) is 3.54. The van der Waals surface area contributed by atoms with Crippen molar-refractivity contribution < 1.29 is 0 Å². The van der Waals surface area contributed by atoms with Crippen LogP contribution < -0.4 is 5.32 Å². The van der Waals surface area contributed by atoms with E-state index in [4.69, 9.17) is 0 Å². The van der Waals surface area contributed by atoms with Gasteiger partial charge < -0.3 is 5.32 Å². The molecule has 0 aromatic carbocycles. The molecule has 0 aliphatic heterocycles. The highest BCUT2D eigenvalue weighted by molar-refractivity contribution is 9.10. The van der Waals surface area contributed by atoms with Crippen molar-refractivity contribution >= 4 is 48.4 Å². The molecule has 3 aromatic heterocycles. The fraction of sp³-hybridized carbons (Fsp3) is 0. The van der Waals surface area contributed by atoms with E-state index in [1.54, 1.807) is 23.7 Å². The lowest BCUT2D eigenvalue weighted by Gasteiger charge is -2.00. The minimum absolute atomic E-state index is 0.769. The summed E-state index contributed by atoms with van der Waals surface area (Å²) in [5.74, 6) is 0. The monoisotopic (exact) mass is 306 g/mol. The van der Waals surface area contributed by atoms with Gasteiger partial charge in [-0.25, -0.2) is 9.97 Å². The van der Waals surface area contributed by atoms with Crippen LogP contribution in [0.25, 0.3) is 10.3 Å². The van der Waals surface area contributed by atoms with E-state index in [0.717, 1.165) is 25.8 Å². The Morgan fingerprint density at radius 3 is 2.88 bits per heavy atom. The summed E-state index contributed by atoms with van der Waals surface area (Å²) in [7, 11) is 0. The predicted octanol–water partition coefficient (Wildman–Crippen LogP) is 3.59. The first-order chi connectivity index (χ1) is 8.31. The normalized spacial score (nSPS) is 10.6. The van der Waals surface area contributed by atoms with Gasteiger partial charge in [0, 0.05) is 6.20 Å². The zero-order valence-electron chi connectivity index (χ0n) is 8.59. The van der Waals surface area contributed by atoms with Gasteiger partial charge in [0.05, 0.1) is 16.6 Å². The molecule has 0 radical (unpaired) electrons. The Kier molecular flexibility index (Phi) is 2.74. The lowest BCUT2D eigenvalue weighted by molar-refractivity contribution is 1.26. The SMILES string of the molecule is Brc1ccc(Nc2nc3ncccc3s2)cn1. The lowest BCUT2D eigenvalue weighted by Crippen LogP contribution is -1.89. The average Bonchev–Trinajstić information content (AvgIpc) is 2.74. The quantitative estimate of drug-likeness (QED) is 0.735. The van der Waals surface area contributed by atoms with E-state index < -0.39 is 0 Å². The standard InChI is InChI=1S/C11H7BrN4S/c12-9-4-3-7(6-14-9)15-11-16-10-8(17-11)2-1-5-13-10/h1-6H,(H,13,15,16). The summed E-state index contributed by atoms with van der Waals surface area (Å²) in [4.78, 5) is 12.7. The van der Waals surface area contributed by atoms with Crippen LogP contribution in [0.2, 0.25) is 0 Å². The van der Waals surface area contributed by atoms with Crippen molar-refractivity contribution in [2.45, 2.75) is 0 Å². The van der Waals surface area contributed by atoms with Crippen LogP contribution in [0.15, 0.2) is 41.3 Å². The Bertz CT molecular complexity index is 617. The molecule has 0 unspecified atom stereocenters. The zero-order chi connectivity index (χ0) is 11.7. The van der Waals surface area contributed by atoms with Gasteiger partial charge in [0.15, 0.2) is 10.8 Å². The average molecular weight is 307 g/mol. The van der Waals surface area contributed by atoms with Gasteiger partial charge in [0.2, 0.25) is 0 Å². The molecule has 84 valence electrons. The van der Waals surface area contributed by atoms with Crippen LogP contribution >= 0.6 is 27.3 Å². The van der Waals surface area contributed by atoms with Crippen molar-refractivity contribution in [1.82, 2.24) is 15.0 Å². The molecule has 0 bridgehead atoms. The summed E-state index contributed by atoms with van der Waals surface area (Å²) in [6.45, 7) is 0. The van der Waals surface area contributed by atoms with Gasteiger partial charge in [0.25, 0.3) is 0 Å². The van der Waals surface area contributed by atoms with E-state index in [1.165, 1.54) is 0 Å². The molecule has 0 amide bonds. The van der Waals surface area contributed by atoms with E-state index in [9.17, 15) is 0 Å². The molecule has 17 heavy (non-hydrogen) atoms. The molecule has 0 fully saturated rings. The molecular weight excluding hydrogens is 300 g/mol. The van der Waals surface area contributed by atoms with Crippen molar-refractivity contribution in [1.29, 1.82) is 0 Å². The second-order valence-corrected chi connectivity index (χ2v) is 5.18. The number of hydrogen-bond acceptors (Lipinski definition) is 5. The van der Waals surface area contributed by atoms with Gasteiger partial charge in [-0.1, -0.05) is 11.3 Å². The summed E-state index contributed by atoms with van der Waals surface area (Å²) in [6, 6.07) is 7.74. The Morgan fingerprint density at radius 1 is 1.18 bits per heavy atom. The van der Waals surface area contributed by atoms with E-state index in [2.05, 4.69) is 36.2 Å². The van der Waals surface area contributed by atoms with Crippen molar-refractivity contribution in [2.75, 3.05) is 5.32 Å². The van der Waals surface area contributed by atoms with Crippen molar-refractivity contribution in [3.8, 4) is 0 Å².